The van der Waals surface area contributed by atoms with Crippen LogP contribution >= 0.6 is 15.9 Å². The molecule has 130 valence electrons. The monoisotopic (exact) mass is 408 g/mol. The first-order chi connectivity index (χ1) is 12.5. The molecule has 1 aliphatic heterocycles. The fourth-order valence-corrected chi connectivity index (χ4v) is 4.74. The van der Waals surface area contributed by atoms with E-state index in [1.54, 1.807) is 0 Å². The second-order valence-corrected chi connectivity index (χ2v) is 7.78. The van der Waals surface area contributed by atoms with E-state index in [2.05, 4.69) is 47.1 Å². The summed E-state index contributed by atoms with van der Waals surface area (Å²) in [7, 11) is 0. The minimum absolute atomic E-state index is 0.0857. The van der Waals surface area contributed by atoms with E-state index in [4.69, 9.17) is 5.41 Å². The van der Waals surface area contributed by atoms with E-state index in [0.717, 1.165) is 35.2 Å². The van der Waals surface area contributed by atoms with Gasteiger partial charge in [-0.15, -0.1) is 0 Å². The van der Waals surface area contributed by atoms with Crippen LogP contribution < -0.4 is 4.90 Å². The van der Waals surface area contributed by atoms with Gasteiger partial charge in [0.2, 0.25) is 0 Å². The highest BCUT2D eigenvalue weighted by Crippen LogP contribution is 2.52. The molecular weight excluding hydrogens is 390 g/mol. The van der Waals surface area contributed by atoms with Crippen molar-refractivity contribution in [3.8, 4) is 18.2 Å². The number of benzene rings is 1. The van der Waals surface area contributed by atoms with E-state index >= 15 is 0 Å². The topological polar surface area (TPSA) is 99.7 Å². The quantitative estimate of drug-likeness (QED) is 0.733. The molecule has 0 spiro atoms. The van der Waals surface area contributed by atoms with Crippen molar-refractivity contribution in [1.29, 1.82) is 21.2 Å². The summed E-state index contributed by atoms with van der Waals surface area (Å²) < 4.78 is 0.870. The summed E-state index contributed by atoms with van der Waals surface area (Å²) in [5.74, 6) is -1.35. The van der Waals surface area contributed by atoms with Crippen LogP contribution in [0.2, 0.25) is 0 Å². The van der Waals surface area contributed by atoms with Gasteiger partial charge in [0.25, 0.3) is 0 Å². The van der Waals surface area contributed by atoms with Gasteiger partial charge < -0.3 is 10.3 Å². The Balaban J connectivity index is 2.26. The van der Waals surface area contributed by atoms with Crippen molar-refractivity contribution < 1.29 is 4.90 Å². The Morgan fingerprint density at radius 1 is 1.31 bits per heavy atom. The molecule has 1 fully saturated rings. The van der Waals surface area contributed by atoms with Gasteiger partial charge >= 0.3 is 0 Å². The molecule has 1 heterocycles. The van der Waals surface area contributed by atoms with Crippen LogP contribution in [-0.2, 0) is 0 Å². The Labute approximate surface area is 161 Å². The van der Waals surface area contributed by atoms with Gasteiger partial charge in [0.1, 0.15) is 5.92 Å². The summed E-state index contributed by atoms with van der Waals surface area (Å²) in [6.45, 7) is 4.62. The van der Waals surface area contributed by atoms with Crippen molar-refractivity contribution in [3.63, 3.8) is 0 Å². The molecule has 3 rings (SSSR count). The highest BCUT2D eigenvalue weighted by molar-refractivity contribution is 9.10. The fraction of sp³-hybridized carbons (Fsp3) is 0.400. The van der Waals surface area contributed by atoms with Crippen molar-refractivity contribution >= 4 is 21.6 Å². The minimum atomic E-state index is -1.63. The zero-order valence-corrected chi connectivity index (χ0v) is 16.0. The van der Waals surface area contributed by atoms with Gasteiger partial charge in [-0.3, -0.25) is 0 Å². The van der Waals surface area contributed by atoms with Gasteiger partial charge in [0, 0.05) is 16.3 Å². The molecule has 6 heteroatoms. The number of hydrogen-bond donors (Lipinski definition) is 2. The highest BCUT2D eigenvalue weighted by atomic mass is 79.9. The van der Waals surface area contributed by atoms with Gasteiger partial charge in [-0.1, -0.05) is 28.1 Å². The smallest absolute Gasteiger partial charge is 0.189 e. The van der Waals surface area contributed by atoms with Crippen LogP contribution in [0.25, 0.3) is 0 Å². The number of nitriles is 3. The Kier molecular flexibility index (Phi) is 4.97. The maximum atomic E-state index is 9.98. The normalized spacial score (nSPS) is 29.5. The number of rotatable bonds is 2. The average Bonchev–Trinajstić information content (AvgIpc) is 2.66. The number of likely N-dealkylation sites (N-methyl/N-ethyl adjacent to an activating group) is 1. The number of quaternary nitrogens is 1. The molecule has 0 amide bonds. The summed E-state index contributed by atoms with van der Waals surface area (Å²) in [4.78, 5) is 1.36. The number of nitrogens with one attached hydrogen (secondary N) is 2. The largest absolute Gasteiger partial charge is 0.331 e. The van der Waals surface area contributed by atoms with Crippen LogP contribution in [0.1, 0.15) is 18.4 Å². The molecule has 2 N–H and O–H groups in total. The van der Waals surface area contributed by atoms with Crippen molar-refractivity contribution in [1.82, 2.24) is 0 Å². The van der Waals surface area contributed by atoms with Gasteiger partial charge in [-0.05, 0) is 36.3 Å². The van der Waals surface area contributed by atoms with Gasteiger partial charge in [-0.25, -0.2) is 0 Å². The van der Waals surface area contributed by atoms with Crippen LogP contribution in [0.15, 0.2) is 40.4 Å². The van der Waals surface area contributed by atoms with E-state index in [1.807, 2.05) is 24.3 Å². The maximum Gasteiger partial charge on any atom is 0.189 e. The number of fused-ring (bicyclic) bond motifs is 1. The summed E-state index contributed by atoms with van der Waals surface area (Å²) >= 11 is 3.47. The molecule has 4 atom stereocenters. The summed E-state index contributed by atoms with van der Waals surface area (Å²) in [5, 5.41) is 38.2. The molecule has 0 radical (unpaired) electrons. The lowest BCUT2D eigenvalue weighted by atomic mass is 9.54. The molecule has 0 aromatic heterocycles. The zero-order chi connectivity index (χ0) is 18.9. The Morgan fingerprint density at radius 2 is 2.04 bits per heavy atom. The number of halogens is 1. The third-order valence-electron chi connectivity index (χ3n) is 5.67. The SMILES string of the molecule is CC[NH+]1CC=C2C(C#N)C(=N)C(C#N)(C#N)[C@@H](c3cccc(Br)c3)[C@@H]2C1. The van der Waals surface area contributed by atoms with E-state index in [0.29, 0.717) is 0 Å². The second-order valence-electron chi connectivity index (χ2n) is 6.86. The lowest BCUT2D eigenvalue weighted by molar-refractivity contribution is -0.897. The average molecular weight is 409 g/mol. The lowest BCUT2D eigenvalue weighted by Crippen LogP contribution is -3.13. The third-order valence-corrected chi connectivity index (χ3v) is 6.16. The van der Waals surface area contributed by atoms with E-state index < -0.39 is 17.3 Å². The van der Waals surface area contributed by atoms with Crippen LogP contribution in [0.5, 0.6) is 0 Å². The van der Waals surface area contributed by atoms with Crippen molar-refractivity contribution in [2.45, 2.75) is 12.8 Å². The standard InChI is InChI=1S/C20H18BrN5/c1-2-26-7-6-15-16(9-22)19(25)20(11-23,12-24)18(17(15)10-26)13-4-3-5-14(21)8-13/h3-6,8,16-18,25H,2,7,10H2,1H3/p+1/t16?,17-,18+/m1/s1. The third kappa shape index (κ3) is 2.65. The molecule has 0 saturated heterocycles. The van der Waals surface area contributed by atoms with Crippen LogP contribution in [0, 0.1) is 56.7 Å². The van der Waals surface area contributed by atoms with E-state index in [9.17, 15) is 15.8 Å². The predicted octanol–water partition coefficient (Wildman–Crippen LogP) is 2.20. The summed E-state index contributed by atoms with van der Waals surface area (Å²) in [6.07, 6.45) is 2.05. The Hall–Kier alpha value is -2.46. The molecule has 1 aromatic carbocycles. The molecule has 5 nitrogen and oxygen atoms in total. The molecule has 2 aliphatic rings. The zero-order valence-electron chi connectivity index (χ0n) is 14.5. The second kappa shape index (κ2) is 7.04. The number of hydrogen-bond acceptors (Lipinski definition) is 4. The number of nitrogens with zero attached hydrogens (tertiary/aromatic N) is 3. The summed E-state index contributed by atoms with van der Waals surface area (Å²) in [6, 6.07) is 14.1. The van der Waals surface area contributed by atoms with Gasteiger partial charge in [0.05, 0.1) is 43.6 Å². The lowest BCUT2D eigenvalue weighted by Gasteiger charge is -2.46. The molecule has 2 unspecified atom stereocenters. The van der Waals surface area contributed by atoms with E-state index in [1.165, 1.54) is 4.90 Å². The van der Waals surface area contributed by atoms with Gasteiger partial charge in [0.15, 0.2) is 5.41 Å². The predicted molar refractivity (Wildman–Crippen MR) is 100 cm³/mol. The first-order valence-corrected chi connectivity index (χ1v) is 9.41. The maximum absolute atomic E-state index is 9.98. The van der Waals surface area contributed by atoms with Crippen molar-refractivity contribution in [2.24, 2.45) is 17.3 Å². The first-order valence-electron chi connectivity index (χ1n) is 8.62. The van der Waals surface area contributed by atoms with E-state index in [-0.39, 0.29) is 11.6 Å². The molecule has 26 heavy (non-hydrogen) atoms. The van der Waals surface area contributed by atoms with Gasteiger partial charge in [-0.2, -0.15) is 15.8 Å². The highest BCUT2D eigenvalue weighted by Gasteiger charge is 2.58. The molecule has 1 saturated carbocycles. The molecule has 1 aliphatic carbocycles. The Morgan fingerprint density at radius 3 is 2.62 bits per heavy atom. The molecule has 1 aromatic rings. The Bertz CT molecular complexity index is 884. The minimum Gasteiger partial charge on any atom is -0.331 e. The van der Waals surface area contributed by atoms with Crippen LogP contribution in [0.3, 0.4) is 0 Å². The van der Waals surface area contributed by atoms with Crippen LogP contribution in [0.4, 0.5) is 0 Å². The van der Waals surface area contributed by atoms with Crippen molar-refractivity contribution in [2.75, 3.05) is 19.6 Å². The van der Waals surface area contributed by atoms with Crippen molar-refractivity contribution in [3.05, 3.63) is 46.0 Å². The fourth-order valence-electron chi connectivity index (χ4n) is 4.33. The molecule has 0 bridgehead atoms. The first kappa shape index (κ1) is 18.3. The summed E-state index contributed by atoms with van der Waals surface area (Å²) in [5.41, 5.74) is 0.0504. The van der Waals surface area contributed by atoms with Crippen LogP contribution in [-0.4, -0.2) is 25.3 Å². The molecular formula is C20H19BrN5+.